The van der Waals surface area contributed by atoms with Gasteiger partial charge in [-0.2, -0.15) is 0 Å². The Hall–Kier alpha value is -3.03. The summed E-state index contributed by atoms with van der Waals surface area (Å²) in [5.74, 6) is -0.637. The van der Waals surface area contributed by atoms with E-state index in [0.29, 0.717) is 5.69 Å². The minimum Gasteiger partial charge on any atom is -0.443 e. The molecule has 1 amide bonds. The first-order valence-corrected chi connectivity index (χ1v) is 7.20. The fourth-order valence-corrected chi connectivity index (χ4v) is 1.79. The lowest BCUT2D eigenvalue weighted by atomic mass is 10.2. The summed E-state index contributed by atoms with van der Waals surface area (Å²) in [7, 11) is 0. The fourth-order valence-electron chi connectivity index (χ4n) is 1.79. The van der Waals surface area contributed by atoms with E-state index in [4.69, 9.17) is 9.47 Å². The highest BCUT2D eigenvalue weighted by Crippen LogP contribution is 2.31. The molecule has 0 radical (unpaired) electrons. The Morgan fingerprint density at radius 3 is 2.42 bits per heavy atom. The van der Waals surface area contributed by atoms with Gasteiger partial charge >= 0.3 is 12.1 Å². The predicted molar refractivity (Wildman–Crippen MR) is 86.0 cm³/mol. The first kappa shape index (κ1) is 17.3. The summed E-state index contributed by atoms with van der Waals surface area (Å²) in [4.78, 5) is 37.2. The molecule has 0 saturated carbocycles. The molecule has 2 heterocycles. The number of anilines is 2. The zero-order chi connectivity index (χ0) is 17.7. The van der Waals surface area contributed by atoms with Gasteiger partial charge in [0.25, 0.3) is 5.88 Å². The van der Waals surface area contributed by atoms with Gasteiger partial charge in [0.1, 0.15) is 5.60 Å². The monoisotopic (exact) mass is 330 g/mol. The molecule has 0 aliphatic heterocycles. The van der Waals surface area contributed by atoms with E-state index in [1.54, 1.807) is 39.1 Å². The van der Waals surface area contributed by atoms with Crippen LogP contribution in [-0.4, -0.2) is 32.6 Å². The number of ether oxygens (including phenoxy) is 2. The lowest BCUT2D eigenvalue weighted by molar-refractivity contribution is -0.132. The van der Waals surface area contributed by atoms with Crippen molar-refractivity contribution in [1.29, 1.82) is 0 Å². The molecular formula is C16H18N4O4. The molecule has 8 nitrogen and oxygen atoms in total. The second-order valence-electron chi connectivity index (χ2n) is 5.81. The number of carbonyl (C=O) groups is 2. The van der Waals surface area contributed by atoms with Crippen LogP contribution in [-0.2, 0) is 9.53 Å². The molecule has 0 saturated heterocycles. The van der Waals surface area contributed by atoms with Crippen LogP contribution in [0.1, 0.15) is 27.7 Å². The van der Waals surface area contributed by atoms with Crippen LogP contribution < -0.4 is 9.64 Å². The standard InChI is InChI=1S/C16H18N4O4/c1-11(21)23-14-13(18-8-9-19-14)20(12-6-5-7-17-10-12)15(22)24-16(2,3)4/h5-10H,1-4H3. The van der Waals surface area contributed by atoms with Crippen molar-refractivity contribution in [2.24, 2.45) is 0 Å². The predicted octanol–water partition coefficient (Wildman–Crippen LogP) is 2.87. The third-order valence-corrected chi connectivity index (χ3v) is 2.58. The number of nitrogens with zero attached hydrogens (tertiary/aromatic N) is 4. The summed E-state index contributed by atoms with van der Waals surface area (Å²) in [6.45, 7) is 6.47. The molecule has 0 N–H and O–H groups in total. The smallest absolute Gasteiger partial charge is 0.420 e. The molecule has 2 rings (SSSR count). The van der Waals surface area contributed by atoms with E-state index in [9.17, 15) is 9.59 Å². The Bertz CT molecular complexity index is 728. The molecule has 8 heteroatoms. The Balaban J connectivity index is 2.51. The number of hydrogen-bond acceptors (Lipinski definition) is 7. The van der Waals surface area contributed by atoms with E-state index >= 15 is 0 Å². The van der Waals surface area contributed by atoms with Crippen molar-refractivity contribution in [2.45, 2.75) is 33.3 Å². The highest BCUT2D eigenvalue weighted by Gasteiger charge is 2.29. The van der Waals surface area contributed by atoms with E-state index in [1.807, 2.05) is 0 Å². The van der Waals surface area contributed by atoms with Crippen molar-refractivity contribution >= 4 is 23.6 Å². The summed E-state index contributed by atoms with van der Waals surface area (Å²) in [6.07, 6.45) is 5.09. The van der Waals surface area contributed by atoms with E-state index in [2.05, 4.69) is 15.0 Å². The third kappa shape index (κ3) is 4.48. The molecule has 2 aromatic rings. The molecule has 0 spiro atoms. The number of esters is 1. The van der Waals surface area contributed by atoms with Crippen molar-refractivity contribution in [3.8, 4) is 5.88 Å². The highest BCUT2D eigenvalue weighted by atomic mass is 16.6. The molecule has 0 atom stereocenters. The van der Waals surface area contributed by atoms with Crippen molar-refractivity contribution in [1.82, 2.24) is 15.0 Å². The molecule has 0 aromatic carbocycles. The van der Waals surface area contributed by atoms with Crippen LogP contribution in [0, 0.1) is 0 Å². The summed E-state index contributed by atoms with van der Waals surface area (Å²) >= 11 is 0. The quantitative estimate of drug-likeness (QED) is 0.798. The molecule has 24 heavy (non-hydrogen) atoms. The second-order valence-corrected chi connectivity index (χ2v) is 5.81. The van der Waals surface area contributed by atoms with Gasteiger partial charge in [-0.25, -0.2) is 19.7 Å². The van der Waals surface area contributed by atoms with Crippen LogP contribution in [0.4, 0.5) is 16.3 Å². The normalized spacial score (nSPS) is 10.8. The Kier molecular flexibility index (Phi) is 5.08. The van der Waals surface area contributed by atoms with E-state index in [-0.39, 0.29) is 11.7 Å². The first-order chi connectivity index (χ1) is 11.3. The average molecular weight is 330 g/mol. The number of pyridine rings is 1. The van der Waals surface area contributed by atoms with Crippen LogP contribution in [0.25, 0.3) is 0 Å². The van der Waals surface area contributed by atoms with E-state index < -0.39 is 17.7 Å². The van der Waals surface area contributed by atoms with Crippen LogP contribution in [0.3, 0.4) is 0 Å². The SMILES string of the molecule is CC(=O)Oc1nccnc1N(C(=O)OC(C)(C)C)c1cccnc1. The maximum absolute atomic E-state index is 12.7. The number of hydrogen-bond donors (Lipinski definition) is 0. The zero-order valence-electron chi connectivity index (χ0n) is 13.9. The van der Waals surface area contributed by atoms with Crippen LogP contribution in [0.15, 0.2) is 36.9 Å². The van der Waals surface area contributed by atoms with Gasteiger partial charge < -0.3 is 9.47 Å². The number of rotatable bonds is 3. The highest BCUT2D eigenvalue weighted by molar-refractivity contribution is 5.96. The number of amides is 1. The van der Waals surface area contributed by atoms with Crippen LogP contribution >= 0.6 is 0 Å². The van der Waals surface area contributed by atoms with Gasteiger partial charge in [0, 0.05) is 25.5 Å². The molecule has 0 bridgehead atoms. The van der Waals surface area contributed by atoms with Crippen LogP contribution in [0.5, 0.6) is 5.88 Å². The molecule has 0 aliphatic carbocycles. The van der Waals surface area contributed by atoms with Gasteiger partial charge in [0.05, 0.1) is 11.9 Å². The summed E-state index contributed by atoms with van der Waals surface area (Å²) in [5.41, 5.74) is -0.318. The molecule has 126 valence electrons. The molecule has 0 unspecified atom stereocenters. The largest absolute Gasteiger partial charge is 0.443 e. The van der Waals surface area contributed by atoms with Gasteiger partial charge in [-0.15, -0.1) is 0 Å². The maximum atomic E-state index is 12.7. The Labute approximate surface area is 139 Å². The van der Waals surface area contributed by atoms with E-state index in [1.165, 1.54) is 25.5 Å². The van der Waals surface area contributed by atoms with Crippen molar-refractivity contribution in [3.05, 3.63) is 36.9 Å². The van der Waals surface area contributed by atoms with E-state index in [0.717, 1.165) is 4.90 Å². The van der Waals surface area contributed by atoms with Crippen molar-refractivity contribution in [3.63, 3.8) is 0 Å². The summed E-state index contributed by atoms with van der Waals surface area (Å²) in [5, 5.41) is 0. The minimum absolute atomic E-state index is 0.0370. The second kappa shape index (κ2) is 7.03. The van der Waals surface area contributed by atoms with Gasteiger partial charge in [-0.1, -0.05) is 0 Å². The van der Waals surface area contributed by atoms with Crippen molar-refractivity contribution in [2.75, 3.05) is 4.90 Å². The topological polar surface area (TPSA) is 94.5 Å². The molecule has 2 aromatic heterocycles. The Morgan fingerprint density at radius 1 is 1.12 bits per heavy atom. The van der Waals surface area contributed by atoms with Gasteiger partial charge in [-0.05, 0) is 32.9 Å². The number of carbonyl (C=O) groups excluding carboxylic acids is 2. The molecule has 0 fully saturated rings. The summed E-state index contributed by atoms with van der Waals surface area (Å²) in [6, 6.07) is 3.32. The maximum Gasteiger partial charge on any atom is 0.420 e. The third-order valence-electron chi connectivity index (χ3n) is 2.58. The minimum atomic E-state index is -0.721. The Morgan fingerprint density at radius 2 is 1.83 bits per heavy atom. The first-order valence-electron chi connectivity index (χ1n) is 7.20. The van der Waals surface area contributed by atoms with Gasteiger partial charge in [0.2, 0.25) is 5.82 Å². The lowest BCUT2D eigenvalue weighted by Crippen LogP contribution is -2.34. The fraction of sp³-hybridized carbons (Fsp3) is 0.312. The van der Waals surface area contributed by atoms with Crippen molar-refractivity contribution < 1.29 is 19.1 Å². The van der Waals surface area contributed by atoms with Gasteiger partial charge in [0.15, 0.2) is 0 Å². The lowest BCUT2D eigenvalue weighted by Gasteiger charge is -2.26. The number of aromatic nitrogens is 3. The zero-order valence-corrected chi connectivity index (χ0v) is 13.9. The summed E-state index contributed by atoms with van der Waals surface area (Å²) < 4.78 is 10.5. The van der Waals surface area contributed by atoms with Gasteiger partial charge in [-0.3, -0.25) is 9.78 Å². The molecule has 0 aliphatic rings. The average Bonchev–Trinajstić information content (AvgIpc) is 2.48. The van der Waals surface area contributed by atoms with Crippen LogP contribution in [0.2, 0.25) is 0 Å². The molecular weight excluding hydrogens is 312 g/mol.